The van der Waals surface area contributed by atoms with Crippen LogP contribution < -0.4 is 10.1 Å². The van der Waals surface area contributed by atoms with Gasteiger partial charge in [0.2, 0.25) is 0 Å². The first-order valence-electron chi connectivity index (χ1n) is 8.30. The third kappa shape index (κ3) is 6.06. The first kappa shape index (κ1) is 16.3. The van der Waals surface area contributed by atoms with Crippen molar-refractivity contribution in [3.8, 4) is 5.75 Å². The topological polar surface area (TPSA) is 24.5 Å². The lowest BCUT2D eigenvalue weighted by atomic mass is 9.89. The highest BCUT2D eigenvalue weighted by Crippen LogP contribution is 2.22. The van der Waals surface area contributed by atoms with E-state index in [2.05, 4.69) is 29.4 Å². The fraction of sp³-hybridized carbons (Fsp3) is 0.667. The highest BCUT2D eigenvalue weighted by molar-refractivity contribution is 5.26. The Kier molecular flexibility index (Phi) is 7.04. The number of methoxy groups -OCH3 is 1. The first-order chi connectivity index (χ1) is 10.3. The zero-order chi connectivity index (χ0) is 14.9. The zero-order valence-electron chi connectivity index (χ0n) is 13.6. The second-order valence-electron chi connectivity index (χ2n) is 6.29. The van der Waals surface area contributed by atoms with Crippen LogP contribution in [0.25, 0.3) is 0 Å². The van der Waals surface area contributed by atoms with Crippen LogP contribution in [0.15, 0.2) is 24.3 Å². The van der Waals surface area contributed by atoms with Crippen molar-refractivity contribution in [2.24, 2.45) is 5.92 Å². The molecule has 1 aromatic rings. The van der Waals surface area contributed by atoms with Gasteiger partial charge in [-0.15, -0.1) is 0 Å². The Morgan fingerprint density at radius 1 is 1.14 bits per heavy atom. The summed E-state index contributed by atoms with van der Waals surface area (Å²) in [5.74, 6) is 1.85. The summed E-state index contributed by atoms with van der Waals surface area (Å²) >= 11 is 0. The van der Waals surface area contributed by atoms with E-state index in [1.807, 2.05) is 12.1 Å². The monoisotopic (exact) mass is 290 g/mol. The maximum atomic E-state index is 5.19. The van der Waals surface area contributed by atoms with Crippen molar-refractivity contribution < 1.29 is 4.74 Å². The van der Waals surface area contributed by atoms with E-state index < -0.39 is 0 Å². The second-order valence-corrected chi connectivity index (χ2v) is 6.29. The van der Waals surface area contributed by atoms with Crippen molar-refractivity contribution in [3.05, 3.63) is 29.8 Å². The van der Waals surface area contributed by atoms with Crippen LogP contribution in [-0.2, 0) is 6.54 Å². The number of benzene rings is 1. The van der Waals surface area contributed by atoms with Crippen LogP contribution in [0.3, 0.4) is 0 Å². The fourth-order valence-electron chi connectivity index (χ4n) is 3.09. The van der Waals surface area contributed by atoms with Gasteiger partial charge in [-0.3, -0.25) is 0 Å². The normalized spacial score (nSPS) is 16.3. The van der Waals surface area contributed by atoms with Gasteiger partial charge >= 0.3 is 0 Å². The molecule has 0 unspecified atom stereocenters. The first-order valence-corrected chi connectivity index (χ1v) is 8.30. The van der Waals surface area contributed by atoms with Crippen molar-refractivity contribution >= 4 is 0 Å². The van der Waals surface area contributed by atoms with E-state index in [9.17, 15) is 0 Å². The molecule has 0 aliphatic heterocycles. The van der Waals surface area contributed by atoms with Gasteiger partial charge in [0.25, 0.3) is 0 Å². The van der Waals surface area contributed by atoms with E-state index in [0.717, 1.165) is 31.3 Å². The van der Waals surface area contributed by atoms with Crippen LogP contribution >= 0.6 is 0 Å². The molecule has 0 radical (unpaired) electrons. The summed E-state index contributed by atoms with van der Waals surface area (Å²) in [5.41, 5.74) is 1.34. The Hall–Kier alpha value is -1.06. The third-order valence-corrected chi connectivity index (χ3v) is 4.44. The molecule has 1 aromatic carbocycles. The molecule has 1 aliphatic rings. The van der Waals surface area contributed by atoms with Crippen LogP contribution in [0.1, 0.15) is 37.7 Å². The van der Waals surface area contributed by atoms with Gasteiger partial charge in [0.15, 0.2) is 0 Å². The van der Waals surface area contributed by atoms with Crippen LogP contribution in [0, 0.1) is 5.92 Å². The Bertz CT molecular complexity index is 385. The highest BCUT2D eigenvalue weighted by Gasteiger charge is 2.12. The highest BCUT2D eigenvalue weighted by atomic mass is 16.5. The Labute approximate surface area is 129 Å². The van der Waals surface area contributed by atoms with Gasteiger partial charge in [-0.1, -0.05) is 31.4 Å². The summed E-state index contributed by atoms with van der Waals surface area (Å²) < 4.78 is 5.19. The zero-order valence-corrected chi connectivity index (χ0v) is 13.6. The van der Waals surface area contributed by atoms with Gasteiger partial charge in [-0.05, 0) is 50.0 Å². The van der Waals surface area contributed by atoms with Gasteiger partial charge in [-0.2, -0.15) is 0 Å². The van der Waals surface area contributed by atoms with Gasteiger partial charge in [-0.25, -0.2) is 0 Å². The number of hydrogen-bond acceptors (Lipinski definition) is 3. The van der Waals surface area contributed by atoms with Crippen LogP contribution in [0.5, 0.6) is 5.75 Å². The molecule has 0 amide bonds. The van der Waals surface area contributed by atoms with E-state index in [0.29, 0.717) is 0 Å². The lowest BCUT2D eigenvalue weighted by Gasteiger charge is -2.23. The van der Waals surface area contributed by atoms with E-state index in [1.54, 1.807) is 7.11 Å². The molecule has 0 aromatic heterocycles. The molecule has 1 fully saturated rings. The molecule has 1 N–H and O–H groups in total. The van der Waals surface area contributed by atoms with Gasteiger partial charge in [0.05, 0.1) is 7.11 Å². The molecule has 0 heterocycles. The van der Waals surface area contributed by atoms with Crippen molar-refractivity contribution in [1.29, 1.82) is 0 Å². The average Bonchev–Trinajstić information content (AvgIpc) is 2.53. The SMILES string of the molecule is COc1ccc(CN(C)CCNCC2CCCCC2)cc1. The van der Waals surface area contributed by atoms with Gasteiger partial charge < -0.3 is 15.0 Å². The molecule has 118 valence electrons. The summed E-state index contributed by atoms with van der Waals surface area (Å²) in [6, 6.07) is 8.35. The van der Waals surface area contributed by atoms with E-state index >= 15 is 0 Å². The molecule has 0 saturated heterocycles. The van der Waals surface area contributed by atoms with Crippen molar-refractivity contribution in [2.75, 3.05) is 33.8 Å². The standard InChI is InChI=1S/C18H30N2O/c1-20(15-17-8-10-18(21-2)11-9-17)13-12-19-14-16-6-4-3-5-7-16/h8-11,16,19H,3-7,12-15H2,1-2H3. The molecular weight excluding hydrogens is 260 g/mol. The number of ether oxygens (including phenoxy) is 1. The maximum absolute atomic E-state index is 5.19. The summed E-state index contributed by atoms with van der Waals surface area (Å²) in [7, 11) is 3.89. The van der Waals surface area contributed by atoms with Crippen LogP contribution in [0.2, 0.25) is 0 Å². The summed E-state index contributed by atoms with van der Waals surface area (Å²) in [6.45, 7) is 4.38. The molecule has 3 heteroatoms. The Balaban J connectivity index is 1.59. The molecule has 0 bridgehead atoms. The molecule has 21 heavy (non-hydrogen) atoms. The predicted octanol–water partition coefficient (Wildman–Crippen LogP) is 3.30. The maximum Gasteiger partial charge on any atom is 0.118 e. The van der Waals surface area contributed by atoms with Crippen LogP contribution in [-0.4, -0.2) is 38.7 Å². The van der Waals surface area contributed by atoms with Crippen LogP contribution in [0.4, 0.5) is 0 Å². The minimum atomic E-state index is 0.922. The summed E-state index contributed by atoms with van der Waals surface area (Å²) in [4.78, 5) is 2.37. The Morgan fingerprint density at radius 2 is 1.86 bits per heavy atom. The quantitative estimate of drug-likeness (QED) is 0.744. The molecule has 1 saturated carbocycles. The van der Waals surface area contributed by atoms with Crippen molar-refractivity contribution in [1.82, 2.24) is 10.2 Å². The smallest absolute Gasteiger partial charge is 0.118 e. The number of hydrogen-bond donors (Lipinski definition) is 1. The minimum Gasteiger partial charge on any atom is -0.497 e. The molecule has 1 aliphatic carbocycles. The molecule has 2 rings (SSSR count). The number of rotatable bonds is 8. The van der Waals surface area contributed by atoms with E-state index in [-0.39, 0.29) is 0 Å². The summed E-state index contributed by atoms with van der Waals surface area (Å²) in [5, 5.41) is 3.63. The third-order valence-electron chi connectivity index (χ3n) is 4.44. The van der Waals surface area contributed by atoms with E-state index in [4.69, 9.17) is 4.74 Å². The molecule has 0 spiro atoms. The van der Waals surface area contributed by atoms with Crippen molar-refractivity contribution in [2.45, 2.75) is 38.6 Å². The number of nitrogens with one attached hydrogen (secondary N) is 1. The molecule has 0 atom stereocenters. The minimum absolute atomic E-state index is 0.922. The largest absolute Gasteiger partial charge is 0.497 e. The predicted molar refractivity (Wildman–Crippen MR) is 88.8 cm³/mol. The Morgan fingerprint density at radius 3 is 2.52 bits per heavy atom. The lowest BCUT2D eigenvalue weighted by molar-refractivity contribution is 0.304. The van der Waals surface area contributed by atoms with E-state index in [1.165, 1.54) is 44.2 Å². The number of nitrogens with zero attached hydrogens (tertiary/aromatic N) is 1. The van der Waals surface area contributed by atoms with Crippen molar-refractivity contribution in [3.63, 3.8) is 0 Å². The molecular formula is C18H30N2O. The second kappa shape index (κ2) is 9.06. The van der Waals surface area contributed by atoms with Gasteiger partial charge in [0, 0.05) is 19.6 Å². The average molecular weight is 290 g/mol. The molecule has 3 nitrogen and oxygen atoms in total. The number of likely N-dealkylation sites (N-methyl/N-ethyl adjacent to an activating group) is 1. The fourth-order valence-corrected chi connectivity index (χ4v) is 3.09. The van der Waals surface area contributed by atoms with Gasteiger partial charge in [0.1, 0.15) is 5.75 Å². The summed E-state index contributed by atoms with van der Waals surface area (Å²) in [6.07, 6.45) is 7.16. The lowest BCUT2D eigenvalue weighted by Crippen LogP contribution is -2.32.